The first-order valence-corrected chi connectivity index (χ1v) is 6.99. The highest BCUT2D eigenvalue weighted by Crippen LogP contribution is 2.03. The molecular formula is C15H18N2O7. The van der Waals surface area contributed by atoms with Gasteiger partial charge in [-0.3, -0.25) is 4.79 Å². The van der Waals surface area contributed by atoms with E-state index in [0.717, 1.165) is 0 Å². The molecule has 0 unspecified atom stereocenters. The average molecular weight is 338 g/mol. The normalized spacial score (nSPS) is 12.6. The lowest BCUT2D eigenvalue weighted by Gasteiger charge is -2.15. The zero-order chi connectivity index (χ0) is 18.1. The molecule has 0 heterocycles. The van der Waals surface area contributed by atoms with Crippen molar-refractivity contribution in [1.82, 2.24) is 5.32 Å². The van der Waals surface area contributed by atoms with Gasteiger partial charge >= 0.3 is 24.0 Å². The lowest BCUT2D eigenvalue weighted by Crippen LogP contribution is -2.45. The summed E-state index contributed by atoms with van der Waals surface area (Å²) in [6.45, 7) is 1.23. The first-order chi connectivity index (χ1) is 11.3. The van der Waals surface area contributed by atoms with E-state index in [1.807, 2.05) is 0 Å². The van der Waals surface area contributed by atoms with Crippen LogP contribution >= 0.6 is 0 Å². The number of carboxylic acids is 1. The Morgan fingerprint density at radius 2 is 1.79 bits per heavy atom. The molecular weight excluding hydrogens is 320 g/mol. The fraction of sp³-hybridized carbons (Fsp3) is 0.333. The highest BCUT2D eigenvalue weighted by Gasteiger charge is 2.28. The molecule has 0 fully saturated rings. The number of hydrogen-bond donors (Lipinski definition) is 3. The van der Waals surface area contributed by atoms with Crippen LogP contribution in [0.15, 0.2) is 30.3 Å². The van der Waals surface area contributed by atoms with E-state index in [4.69, 9.17) is 15.6 Å². The average Bonchev–Trinajstić information content (AvgIpc) is 2.52. The Bertz CT molecular complexity index is 601. The molecule has 9 nitrogen and oxygen atoms in total. The second kappa shape index (κ2) is 9.26. The number of carbonyl (C=O) groups is 4. The molecule has 0 saturated heterocycles. The number of nitrogens with one attached hydrogen (secondary N) is 1. The molecule has 4 N–H and O–H groups in total. The molecule has 0 aromatic heterocycles. The molecule has 0 saturated carbocycles. The van der Waals surface area contributed by atoms with E-state index in [1.165, 1.54) is 6.92 Å². The van der Waals surface area contributed by atoms with Gasteiger partial charge in [-0.25, -0.2) is 14.4 Å². The maximum Gasteiger partial charge on any atom is 0.408 e. The van der Waals surface area contributed by atoms with Crippen molar-refractivity contribution in [3.63, 3.8) is 0 Å². The van der Waals surface area contributed by atoms with Gasteiger partial charge in [0, 0.05) is 0 Å². The number of nitrogens with two attached hydrogens (primary N) is 1. The number of ether oxygens (including phenoxy) is 2. The number of benzene rings is 1. The summed E-state index contributed by atoms with van der Waals surface area (Å²) in [6.07, 6.45) is -1.79. The van der Waals surface area contributed by atoms with Crippen molar-refractivity contribution < 1.29 is 33.8 Å². The fourth-order valence-electron chi connectivity index (χ4n) is 1.54. The summed E-state index contributed by atoms with van der Waals surface area (Å²) < 4.78 is 9.28. The Hall–Kier alpha value is -2.94. The third-order valence-electron chi connectivity index (χ3n) is 2.74. The van der Waals surface area contributed by atoms with E-state index in [1.54, 1.807) is 30.3 Å². The van der Waals surface area contributed by atoms with Crippen LogP contribution in [0.25, 0.3) is 0 Å². The largest absolute Gasteiger partial charge is 0.481 e. The van der Waals surface area contributed by atoms with Crippen molar-refractivity contribution in [3.05, 3.63) is 35.9 Å². The molecule has 1 aromatic carbocycles. The Balaban J connectivity index is 2.60. The van der Waals surface area contributed by atoms with E-state index in [9.17, 15) is 19.2 Å². The zero-order valence-corrected chi connectivity index (χ0v) is 12.9. The minimum absolute atomic E-state index is 0.0692. The summed E-state index contributed by atoms with van der Waals surface area (Å²) in [5, 5.41) is 10.8. The highest BCUT2D eigenvalue weighted by atomic mass is 16.6. The van der Waals surface area contributed by atoms with Crippen LogP contribution in [0, 0.1) is 0 Å². The van der Waals surface area contributed by atoms with Crippen molar-refractivity contribution in [2.24, 2.45) is 5.73 Å². The molecule has 0 aliphatic carbocycles. The quantitative estimate of drug-likeness (QED) is 0.471. The predicted molar refractivity (Wildman–Crippen MR) is 80.6 cm³/mol. The molecule has 24 heavy (non-hydrogen) atoms. The first kappa shape index (κ1) is 19.1. The van der Waals surface area contributed by atoms with Gasteiger partial charge in [0.25, 0.3) is 0 Å². The Morgan fingerprint density at radius 1 is 1.17 bits per heavy atom. The van der Waals surface area contributed by atoms with Crippen LogP contribution in [0.5, 0.6) is 0 Å². The Kier molecular flexibility index (Phi) is 7.37. The van der Waals surface area contributed by atoms with E-state index in [-0.39, 0.29) is 6.61 Å². The number of aliphatic carboxylic acids is 1. The molecule has 0 bridgehead atoms. The van der Waals surface area contributed by atoms with Gasteiger partial charge < -0.3 is 25.6 Å². The fourth-order valence-corrected chi connectivity index (χ4v) is 1.54. The molecule has 1 aromatic rings. The molecule has 9 heteroatoms. The Morgan fingerprint density at radius 3 is 2.33 bits per heavy atom. The SMILES string of the molecule is C[C@@H](N)C(=O)OC(=O)[C@@H](CC(=O)O)NC(=O)OCc1ccccc1. The van der Waals surface area contributed by atoms with Crippen LogP contribution < -0.4 is 11.1 Å². The van der Waals surface area contributed by atoms with E-state index >= 15 is 0 Å². The molecule has 0 aliphatic heterocycles. The van der Waals surface area contributed by atoms with Gasteiger partial charge in [0.2, 0.25) is 0 Å². The van der Waals surface area contributed by atoms with Crippen LogP contribution in [-0.4, -0.2) is 41.2 Å². The maximum absolute atomic E-state index is 11.8. The molecule has 1 amide bonds. The van der Waals surface area contributed by atoms with Gasteiger partial charge in [0.1, 0.15) is 18.7 Å². The molecule has 2 atom stereocenters. The summed E-state index contributed by atoms with van der Waals surface area (Å²) in [5.74, 6) is -3.63. The van der Waals surface area contributed by atoms with Crippen LogP contribution in [0.4, 0.5) is 4.79 Å². The number of carboxylic acid groups (broad SMARTS) is 1. The number of esters is 2. The van der Waals surface area contributed by atoms with Crippen molar-refractivity contribution in [2.75, 3.05) is 0 Å². The highest BCUT2D eigenvalue weighted by molar-refractivity contribution is 5.93. The maximum atomic E-state index is 11.8. The minimum Gasteiger partial charge on any atom is -0.481 e. The van der Waals surface area contributed by atoms with E-state index in [2.05, 4.69) is 10.1 Å². The van der Waals surface area contributed by atoms with Crippen LogP contribution in [-0.2, 0) is 30.5 Å². The topological polar surface area (TPSA) is 145 Å². The zero-order valence-electron chi connectivity index (χ0n) is 12.9. The van der Waals surface area contributed by atoms with Crippen LogP contribution in [0.3, 0.4) is 0 Å². The second-order valence-electron chi connectivity index (χ2n) is 4.89. The summed E-state index contributed by atoms with van der Waals surface area (Å²) >= 11 is 0. The lowest BCUT2D eigenvalue weighted by molar-refractivity contribution is -0.163. The molecule has 0 aliphatic rings. The van der Waals surface area contributed by atoms with Crippen LogP contribution in [0.1, 0.15) is 18.9 Å². The van der Waals surface area contributed by atoms with Crippen molar-refractivity contribution in [2.45, 2.75) is 32.0 Å². The van der Waals surface area contributed by atoms with Crippen molar-refractivity contribution in [3.8, 4) is 0 Å². The Labute approximate surface area is 137 Å². The third-order valence-corrected chi connectivity index (χ3v) is 2.74. The number of amides is 1. The molecule has 130 valence electrons. The van der Waals surface area contributed by atoms with Gasteiger partial charge in [-0.15, -0.1) is 0 Å². The second-order valence-corrected chi connectivity index (χ2v) is 4.89. The number of alkyl carbamates (subject to hydrolysis) is 1. The minimum atomic E-state index is -1.58. The van der Waals surface area contributed by atoms with Gasteiger partial charge in [-0.05, 0) is 12.5 Å². The first-order valence-electron chi connectivity index (χ1n) is 6.99. The number of rotatable bonds is 7. The molecule has 1 rings (SSSR count). The third kappa shape index (κ3) is 6.88. The summed E-state index contributed by atoms with van der Waals surface area (Å²) in [4.78, 5) is 45.5. The number of carbonyl (C=O) groups excluding carboxylic acids is 3. The van der Waals surface area contributed by atoms with Crippen LogP contribution in [0.2, 0.25) is 0 Å². The number of hydrogen-bond acceptors (Lipinski definition) is 7. The standard InChI is InChI=1S/C15H18N2O7/c1-9(16)13(20)24-14(21)11(7-12(18)19)17-15(22)23-8-10-5-3-2-4-6-10/h2-6,9,11H,7-8,16H2,1H3,(H,17,22)(H,18,19)/t9-,11-/m1/s1. The van der Waals surface area contributed by atoms with Crippen molar-refractivity contribution >= 4 is 24.0 Å². The van der Waals surface area contributed by atoms with Crippen molar-refractivity contribution in [1.29, 1.82) is 0 Å². The van der Waals surface area contributed by atoms with Gasteiger partial charge in [0.05, 0.1) is 6.42 Å². The smallest absolute Gasteiger partial charge is 0.408 e. The van der Waals surface area contributed by atoms with E-state index in [0.29, 0.717) is 5.56 Å². The molecule has 0 radical (unpaired) electrons. The summed E-state index contributed by atoms with van der Waals surface area (Å²) in [5.41, 5.74) is 5.95. The predicted octanol–water partition coefficient (Wildman–Crippen LogP) is 0.173. The van der Waals surface area contributed by atoms with Gasteiger partial charge in [0.15, 0.2) is 0 Å². The van der Waals surface area contributed by atoms with E-state index < -0.39 is 42.5 Å². The van der Waals surface area contributed by atoms with Gasteiger partial charge in [-0.2, -0.15) is 0 Å². The summed E-state index contributed by atoms with van der Waals surface area (Å²) in [7, 11) is 0. The van der Waals surface area contributed by atoms with Gasteiger partial charge in [-0.1, -0.05) is 30.3 Å². The summed E-state index contributed by atoms with van der Waals surface area (Å²) in [6, 6.07) is 6.09. The molecule has 0 spiro atoms. The lowest BCUT2D eigenvalue weighted by atomic mass is 10.2. The monoisotopic (exact) mass is 338 g/mol.